The predicted molar refractivity (Wildman–Crippen MR) is 144 cm³/mol. The first-order chi connectivity index (χ1) is 18.1. The van der Waals surface area contributed by atoms with Crippen molar-refractivity contribution in [1.82, 2.24) is 0 Å². The third-order valence-electron chi connectivity index (χ3n) is 8.00. The molecule has 3 aromatic rings. The van der Waals surface area contributed by atoms with Gasteiger partial charge in [0.15, 0.2) is 0 Å². The van der Waals surface area contributed by atoms with Crippen molar-refractivity contribution < 1.29 is 19.4 Å². The van der Waals surface area contributed by atoms with Crippen molar-refractivity contribution in [3.63, 3.8) is 0 Å². The van der Waals surface area contributed by atoms with E-state index in [2.05, 4.69) is 11.4 Å². The van der Waals surface area contributed by atoms with Crippen LogP contribution in [0.5, 0.6) is 0 Å². The van der Waals surface area contributed by atoms with Crippen LogP contribution in [0.25, 0.3) is 10.8 Å². The van der Waals surface area contributed by atoms with Gasteiger partial charge in [0.25, 0.3) is 5.91 Å². The summed E-state index contributed by atoms with van der Waals surface area (Å²) in [6, 6.07) is 21.3. The van der Waals surface area contributed by atoms with Gasteiger partial charge in [0.2, 0.25) is 0 Å². The van der Waals surface area contributed by atoms with Crippen LogP contribution in [0.15, 0.2) is 90.7 Å². The lowest BCUT2D eigenvalue weighted by Crippen LogP contribution is -2.45. The summed E-state index contributed by atoms with van der Waals surface area (Å²) in [4.78, 5) is 26.5. The smallest absolute Gasteiger partial charge is 0.317 e. The van der Waals surface area contributed by atoms with E-state index < -0.39 is 12.0 Å². The number of rotatable bonds is 5. The SMILES string of the molecule is O=C(Nc1cccc(C(C2CC2)C2C(=O)OC3=CC=CCCCC3C2O)c1)c1cccc2ccccc12. The van der Waals surface area contributed by atoms with Gasteiger partial charge in [-0.2, -0.15) is 0 Å². The van der Waals surface area contributed by atoms with E-state index >= 15 is 0 Å². The molecule has 3 aromatic carbocycles. The average molecular weight is 494 g/mol. The van der Waals surface area contributed by atoms with Gasteiger partial charge >= 0.3 is 5.97 Å². The highest BCUT2D eigenvalue weighted by molar-refractivity contribution is 6.12. The van der Waals surface area contributed by atoms with Crippen LogP contribution < -0.4 is 5.32 Å². The second-order valence-electron chi connectivity index (χ2n) is 10.4. The Morgan fingerprint density at radius 3 is 2.68 bits per heavy atom. The summed E-state index contributed by atoms with van der Waals surface area (Å²) in [6.45, 7) is 0. The Hall–Kier alpha value is -3.70. The molecular formula is C32H31NO4. The Balaban J connectivity index is 1.29. The number of esters is 1. The molecule has 3 aliphatic rings. The van der Waals surface area contributed by atoms with E-state index in [0.717, 1.165) is 48.4 Å². The molecular weight excluding hydrogens is 462 g/mol. The molecule has 2 N–H and O–H groups in total. The van der Waals surface area contributed by atoms with Crippen molar-refractivity contribution in [2.24, 2.45) is 17.8 Å². The molecule has 188 valence electrons. The second-order valence-corrected chi connectivity index (χ2v) is 10.4. The van der Waals surface area contributed by atoms with Crippen LogP contribution in [0.3, 0.4) is 0 Å². The van der Waals surface area contributed by atoms with Gasteiger partial charge in [-0.3, -0.25) is 9.59 Å². The van der Waals surface area contributed by atoms with E-state index in [9.17, 15) is 14.7 Å². The fourth-order valence-corrected chi connectivity index (χ4v) is 6.04. The van der Waals surface area contributed by atoms with Crippen molar-refractivity contribution >= 4 is 28.3 Å². The summed E-state index contributed by atoms with van der Waals surface area (Å²) < 4.78 is 5.82. The van der Waals surface area contributed by atoms with Gasteiger partial charge in [0.05, 0.1) is 12.0 Å². The minimum absolute atomic E-state index is 0.153. The number of aliphatic hydroxyl groups is 1. The number of nitrogens with one attached hydrogen (secondary N) is 1. The largest absolute Gasteiger partial charge is 0.430 e. The van der Waals surface area contributed by atoms with Gasteiger partial charge in [-0.25, -0.2) is 0 Å². The van der Waals surface area contributed by atoms with Crippen LogP contribution in [0, 0.1) is 17.8 Å². The maximum Gasteiger partial charge on any atom is 0.317 e. The van der Waals surface area contributed by atoms with E-state index in [-0.39, 0.29) is 23.7 Å². The summed E-state index contributed by atoms with van der Waals surface area (Å²) in [7, 11) is 0. The first kappa shape index (κ1) is 23.7. The third kappa shape index (κ3) is 4.72. The zero-order chi connectivity index (χ0) is 25.4. The molecule has 0 radical (unpaired) electrons. The normalized spacial score (nSPS) is 24.3. The number of ether oxygens (including phenoxy) is 1. The maximum absolute atomic E-state index is 13.3. The molecule has 5 nitrogen and oxygen atoms in total. The molecule has 37 heavy (non-hydrogen) atoms. The molecule has 0 aromatic heterocycles. The van der Waals surface area contributed by atoms with Crippen LogP contribution in [0.1, 0.15) is 53.9 Å². The molecule has 1 saturated carbocycles. The highest BCUT2D eigenvalue weighted by Crippen LogP contribution is 2.51. The Morgan fingerprint density at radius 1 is 1.00 bits per heavy atom. The Morgan fingerprint density at radius 2 is 1.81 bits per heavy atom. The number of amides is 1. The summed E-state index contributed by atoms with van der Waals surface area (Å²) in [6.07, 6.45) is 9.76. The number of hydrogen-bond donors (Lipinski definition) is 2. The molecule has 5 heteroatoms. The number of fused-ring (bicyclic) bond motifs is 2. The third-order valence-corrected chi connectivity index (χ3v) is 8.00. The summed E-state index contributed by atoms with van der Waals surface area (Å²) in [5.41, 5.74) is 2.25. The minimum atomic E-state index is -0.793. The van der Waals surface area contributed by atoms with Gasteiger partial charge in [0.1, 0.15) is 5.76 Å². The molecule has 4 atom stereocenters. The Labute approximate surface area is 216 Å². The lowest BCUT2D eigenvalue weighted by atomic mass is 9.72. The van der Waals surface area contributed by atoms with Crippen molar-refractivity contribution in [2.75, 3.05) is 5.32 Å². The molecule has 2 fully saturated rings. The van der Waals surface area contributed by atoms with E-state index in [0.29, 0.717) is 22.9 Å². The molecule has 0 spiro atoms. The lowest BCUT2D eigenvalue weighted by Gasteiger charge is -2.39. The number of anilines is 1. The summed E-state index contributed by atoms with van der Waals surface area (Å²) in [5, 5.41) is 16.5. The van der Waals surface area contributed by atoms with E-state index in [1.165, 1.54) is 0 Å². The molecule has 6 rings (SSSR count). The first-order valence-electron chi connectivity index (χ1n) is 13.3. The first-order valence-corrected chi connectivity index (χ1v) is 13.3. The molecule has 1 saturated heterocycles. The quantitative estimate of drug-likeness (QED) is 0.406. The number of hydrogen-bond acceptors (Lipinski definition) is 4. The van der Waals surface area contributed by atoms with Crippen LogP contribution in [-0.2, 0) is 9.53 Å². The van der Waals surface area contributed by atoms with Crippen molar-refractivity contribution in [2.45, 2.75) is 44.1 Å². The summed E-state index contributed by atoms with van der Waals surface area (Å²) >= 11 is 0. The molecule has 1 amide bonds. The Kier molecular flexibility index (Phi) is 6.39. The lowest BCUT2D eigenvalue weighted by molar-refractivity contribution is -0.160. The number of carbonyl (C=O) groups is 2. The van der Waals surface area contributed by atoms with Gasteiger partial charge in [-0.15, -0.1) is 0 Å². The number of benzene rings is 3. The van der Waals surface area contributed by atoms with Gasteiger partial charge in [0, 0.05) is 23.1 Å². The zero-order valence-electron chi connectivity index (χ0n) is 20.7. The second kappa shape index (κ2) is 9.98. The van der Waals surface area contributed by atoms with Crippen molar-refractivity contribution in [1.29, 1.82) is 0 Å². The van der Waals surface area contributed by atoms with Gasteiger partial charge in [-0.05, 0) is 78.6 Å². The molecule has 0 bridgehead atoms. The predicted octanol–water partition coefficient (Wildman–Crippen LogP) is 6.36. The number of carbonyl (C=O) groups excluding carboxylic acids is 2. The fourth-order valence-electron chi connectivity index (χ4n) is 6.04. The van der Waals surface area contributed by atoms with Crippen LogP contribution in [0.2, 0.25) is 0 Å². The maximum atomic E-state index is 13.3. The Bertz CT molecular complexity index is 1400. The van der Waals surface area contributed by atoms with Crippen molar-refractivity contribution in [3.8, 4) is 0 Å². The average Bonchev–Trinajstić information content (AvgIpc) is 3.73. The highest BCUT2D eigenvalue weighted by atomic mass is 16.5. The molecule has 4 unspecified atom stereocenters. The molecule has 2 aliphatic carbocycles. The summed E-state index contributed by atoms with van der Waals surface area (Å²) in [5.74, 6) is -0.590. The monoisotopic (exact) mass is 493 g/mol. The van der Waals surface area contributed by atoms with Gasteiger partial charge in [-0.1, -0.05) is 60.7 Å². The standard InChI is InChI=1S/C32H31NO4/c34-30-26-14-3-1-2-4-16-27(26)37-32(36)29(30)28(21-17-18-21)22-11-7-12-23(19-22)33-31(35)25-15-8-10-20-9-5-6-13-24(20)25/h2,4-13,15-16,19,21,26,28-30,34H,1,3,14,17-18H2,(H,33,35). The van der Waals surface area contributed by atoms with Crippen molar-refractivity contribution in [3.05, 3.63) is 102 Å². The fraction of sp³-hybridized carbons (Fsp3) is 0.312. The molecule has 1 heterocycles. The van der Waals surface area contributed by atoms with E-state index in [1.54, 1.807) is 0 Å². The highest BCUT2D eigenvalue weighted by Gasteiger charge is 2.50. The van der Waals surface area contributed by atoms with Crippen LogP contribution in [-0.4, -0.2) is 23.1 Å². The van der Waals surface area contributed by atoms with E-state index in [4.69, 9.17) is 4.74 Å². The topological polar surface area (TPSA) is 75.6 Å². The zero-order valence-corrected chi connectivity index (χ0v) is 20.7. The number of aliphatic hydroxyl groups excluding tert-OH is 1. The number of allylic oxidation sites excluding steroid dienone is 3. The van der Waals surface area contributed by atoms with Crippen LogP contribution in [0.4, 0.5) is 5.69 Å². The van der Waals surface area contributed by atoms with Crippen LogP contribution >= 0.6 is 0 Å². The van der Waals surface area contributed by atoms with E-state index in [1.807, 2.05) is 78.9 Å². The van der Waals surface area contributed by atoms with Gasteiger partial charge < -0.3 is 15.2 Å². The minimum Gasteiger partial charge on any atom is -0.430 e. The molecule has 1 aliphatic heterocycles.